The smallest absolute Gasteiger partial charge is 0.0584 e. The maximum absolute atomic E-state index is 9.13. The van der Waals surface area contributed by atoms with Crippen molar-refractivity contribution in [2.24, 2.45) is 5.92 Å². The summed E-state index contributed by atoms with van der Waals surface area (Å²) < 4.78 is 0. The van der Waals surface area contributed by atoms with Crippen LogP contribution in [-0.4, -0.2) is 23.8 Å². The molecule has 0 amide bonds. The van der Waals surface area contributed by atoms with E-state index in [2.05, 4.69) is 33.0 Å². The molecule has 0 aliphatic carbocycles. The highest BCUT2D eigenvalue weighted by molar-refractivity contribution is 4.71. The molecular weight excluding hydrogens is 162 g/mol. The van der Waals surface area contributed by atoms with E-state index in [1.54, 1.807) is 0 Å². The zero-order valence-electron chi connectivity index (χ0n) is 9.51. The third kappa shape index (κ3) is 7.03. The second-order valence-electron chi connectivity index (χ2n) is 4.37. The summed E-state index contributed by atoms with van der Waals surface area (Å²) in [5.74, 6) is 0.651. The van der Waals surface area contributed by atoms with Gasteiger partial charge in [0, 0.05) is 12.1 Å². The molecule has 0 rings (SSSR count). The van der Waals surface area contributed by atoms with Gasteiger partial charge in [0.05, 0.1) is 6.61 Å². The van der Waals surface area contributed by atoms with E-state index < -0.39 is 0 Å². The van der Waals surface area contributed by atoms with E-state index in [1.807, 2.05) is 0 Å². The standard InChI is InChI=1S/C11H25NO/c1-5-6-10(4)12-11(8-13)7-9(2)3/h9-13H,5-8H2,1-4H3/t10-,11-/m0/s1. The van der Waals surface area contributed by atoms with Crippen LogP contribution in [-0.2, 0) is 0 Å². The molecule has 0 aliphatic heterocycles. The summed E-state index contributed by atoms with van der Waals surface area (Å²) in [6.45, 7) is 9.01. The fourth-order valence-corrected chi connectivity index (χ4v) is 1.68. The SMILES string of the molecule is CCC[C@H](C)N[C@H](CO)CC(C)C. The molecule has 0 aromatic heterocycles. The Morgan fingerprint density at radius 1 is 1.23 bits per heavy atom. The highest BCUT2D eigenvalue weighted by atomic mass is 16.3. The zero-order chi connectivity index (χ0) is 10.3. The van der Waals surface area contributed by atoms with Gasteiger partial charge in [0.25, 0.3) is 0 Å². The van der Waals surface area contributed by atoms with Gasteiger partial charge < -0.3 is 10.4 Å². The van der Waals surface area contributed by atoms with Gasteiger partial charge in [-0.15, -0.1) is 0 Å². The molecule has 0 aromatic carbocycles. The van der Waals surface area contributed by atoms with Gasteiger partial charge in [-0.2, -0.15) is 0 Å². The average Bonchev–Trinajstić information content (AvgIpc) is 2.02. The molecule has 0 saturated heterocycles. The second-order valence-corrected chi connectivity index (χ2v) is 4.37. The van der Waals surface area contributed by atoms with Gasteiger partial charge in [0.2, 0.25) is 0 Å². The second kappa shape index (κ2) is 7.34. The Balaban J connectivity index is 3.69. The molecule has 2 atom stereocenters. The predicted octanol–water partition coefficient (Wildman–Crippen LogP) is 2.17. The molecule has 13 heavy (non-hydrogen) atoms. The summed E-state index contributed by atoms with van der Waals surface area (Å²) >= 11 is 0. The summed E-state index contributed by atoms with van der Waals surface area (Å²) in [4.78, 5) is 0. The van der Waals surface area contributed by atoms with E-state index >= 15 is 0 Å². The first-order valence-electron chi connectivity index (χ1n) is 5.47. The van der Waals surface area contributed by atoms with E-state index in [0.717, 1.165) is 6.42 Å². The molecule has 2 nitrogen and oxygen atoms in total. The number of nitrogens with one attached hydrogen (secondary N) is 1. The van der Waals surface area contributed by atoms with Gasteiger partial charge in [-0.05, 0) is 25.7 Å². The molecular formula is C11H25NO. The molecule has 0 unspecified atom stereocenters. The van der Waals surface area contributed by atoms with Gasteiger partial charge in [-0.3, -0.25) is 0 Å². The molecule has 0 aromatic rings. The molecule has 0 saturated carbocycles. The van der Waals surface area contributed by atoms with Crippen molar-refractivity contribution in [1.29, 1.82) is 0 Å². The van der Waals surface area contributed by atoms with Crippen LogP contribution in [0, 0.1) is 5.92 Å². The molecule has 2 N–H and O–H groups in total. The molecule has 80 valence electrons. The number of aliphatic hydroxyl groups excluding tert-OH is 1. The minimum Gasteiger partial charge on any atom is -0.395 e. The minimum absolute atomic E-state index is 0.256. The summed E-state index contributed by atoms with van der Waals surface area (Å²) in [5, 5.41) is 12.6. The van der Waals surface area contributed by atoms with Crippen molar-refractivity contribution < 1.29 is 5.11 Å². The van der Waals surface area contributed by atoms with Crippen LogP contribution in [0.2, 0.25) is 0 Å². The van der Waals surface area contributed by atoms with E-state index in [-0.39, 0.29) is 12.6 Å². The lowest BCUT2D eigenvalue weighted by molar-refractivity contribution is 0.213. The fraction of sp³-hybridized carbons (Fsp3) is 1.00. The maximum Gasteiger partial charge on any atom is 0.0584 e. The van der Waals surface area contributed by atoms with Crippen LogP contribution >= 0.6 is 0 Å². The number of aliphatic hydroxyl groups is 1. The largest absolute Gasteiger partial charge is 0.395 e. The summed E-state index contributed by atoms with van der Waals surface area (Å²) in [6, 6.07) is 0.808. The van der Waals surface area contributed by atoms with Gasteiger partial charge in [0.1, 0.15) is 0 Å². The van der Waals surface area contributed by atoms with Crippen LogP contribution in [0.5, 0.6) is 0 Å². The lowest BCUT2D eigenvalue weighted by atomic mass is 10.0. The van der Waals surface area contributed by atoms with Crippen LogP contribution in [0.3, 0.4) is 0 Å². The van der Waals surface area contributed by atoms with Gasteiger partial charge >= 0.3 is 0 Å². The molecule has 0 radical (unpaired) electrons. The highest BCUT2D eigenvalue weighted by Crippen LogP contribution is 2.06. The Labute approximate surface area is 82.7 Å². The third-order valence-corrected chi connectivity index (χ3v) is 2.22. The first kappa shape index (κ1) is 12.9. The summed E-state index contributed by atoms with van der Waals surface area (Å²) in [7, 11) is 0. The van der Waals surface area contributed by atoms with Gasteiger partial charge in [0.15, 0.2) is 0 Å². The molecule has 0 aliphatic rings. The molecule has 0 heterocycles. The van der Waals surface area contributed by atoms with E-state index in [0.29, 0.717) is 12.0 Å². The molecule has 0 spiro atoms. The Morgan fingerprint density at radius 2 is 1.85 bits per heavy atom. The van der Waals surface area contributed by atoms with Crippen molar-refractivity contribution in [2.75, 3.05) is 6.61 Å². The van der Waals surface area contributed by atoms with Crippen molar-refractivity contribution in [3.63, 3.8) is 0 Å². The highest BCUT2D eigenvalue weighted by Gasteiger charge is 2.11. The van der Waals surface area contributed by atoms with Crippen molar-refractivity contribution in [3.8, 4) is 0 Å². The topological polar surface area (TPSA) is 32.3 Å². The first-order chi connectivity index (χ1) is 6.10. The molecule has 0 fully saturated rings. The number of hydrogen-bond acceptors (Lipinski definition) is 2. The fourth-order valence-electron chi connectivity index (χ4n) is 1.68. The van der Waals surface area contributed by atoms with Crippen molar-refractivity contribution in [1.82, 2.24) is 5.32 Å². The van der Waals surface area contributed by atoms with Crippen molar-refractivity contribution in [2.45, 2.75) is 59.0 Å². The molecule has 2 heteroatoms. The van der Waals surface area contributed by atoms with E-state index in [9.17, 15) is 0 Å². The first-order valence-corrected chi connectivity index (χ1v) is 5.47. The van der Waals surface area contributed by atoms with Gasteiger partial charge in [-0.25, -0.2) is 0 Å². The lowest BCUT2D eigenvalue weighted by Gasteiger charge is -2.22. The Hall–Kier alpha value is -0.0800. The van der Waals surface area contributed by atoms with E-state index in [4.69, 9.17) is 5.11 Å². The Kier molecular flexibility index (Phi) is 7.29. The average molecular weight is 187 g/mol. The third-order valence-electron chi connectivity index (χ3n) is 2.22. The van der Waals surface area contributed by atoms with Crippen LogP contribution in [0.25, 0.3) is 0 Å². The summed E-state index contributed by atoms with van der Waals surface area (Å²) in [5.41, 5.74) is 0. The minimum atomic E-state index is 0.256. The monoisotopic (exact) mass is 187 g/mol. The Morgan fingerprint density at radius 3 is 2.23 bits per heavy atom. The normalized spacial score (nSPS) is 16.2. The van der Waals surface area contributed by atoms with Crippen LogP contribution in [0.1, 0.15) is 47.0 Å². The quantitative estimate of drug-likeness (QED) is 0.640. The van der Waals surface area contributed by atoms with Crippen LogP contribution < -0.4 is 5.32 Å². The van der Waals surface area contributed by atoms with Gasteiger partial charge in [-0.1, -0.05) is 27.2 Å². The lowest BCUT2D eigenvalue weighted by Crippen LogP contribution is -2.39. The van der Waals surface area contributed by atoms with E-state index in [1.165, 1.54) is 12.8 Å². The number of rotatable bonds is 7. The van der Waals surface area contributed by atoms with Crippen LogP contribution in [0.15, 0.2) is 0 Å². The maximum atomic E-state index is 9.13. The summed E-state index contributed by atoms with van der Waals surface area (Å²) in [6.07, 6.45) is 3.45. The van der Waals surface area contributed by atoms with Crippen molar-refractivity contribution in [3.05, 3.63) is 0 Å². The van der Waals surface area contributed by atoms with Crippen LogP contribution in [0.4, 0.5) is 0 Å². The Bertz CT molecular complexity index is 115. The predicted molar refractivity (Wildman–Crippen MR) is 57.8 cm³/mol. The zero-order valence-corrected chi connectivity index (χ0v) is 9.51. The molecule has 0 bridgehead atoms. The van der Waals surface area contributed by atoms with Crippen molar-refractivity contribution >= 4 is 0 Å². The number of hydrogen-bond donors (Lipinski definition) is 2.